The number of phenols is 1. The molecular weight excluding hydrogens is 482 g/mol. The van der Waals surface area contributed by atoms with Crippen molar-refractivity contribution in [2.24, 2.45) is 0 Å². The van der Waals surface area contributed by atoms with Crippen LogP contribution in [0.1, 0.15) is 120 Å². The number of amides is 1. The smallest absolute Gasteiger partial charge is 0.255 e. The van der Waals surface area contributed by atoms with E-state index >= 15 is 0 Å². The summed E-state index contributed by atoms with van der Waals surface area (Å²) in [6.45, 7) is 3.21. The highest BCUT2D eigenvalue weighted by atomic mass is 32.1. The molecule has 0 bridgehead atoms. The van der Waals surface area contributed by atoms with Crippen LogP contribution in [0.2, 0.25) is 0 Å². The molecule has 2 aromatic rings. The average molecular weight is 530 g/mol. The SMILES string of the molecule is CCCCCCCCCCCCCCCCNC(=O)c1cc(OCCCC(O)=S)c2ccccc2c1O. The quantitative estimate of drug-likeness (QED) is 0.111. The summed E-state index contributed by atoms with van der Waals surface area (Å²) >= 11 is 4.70. The number of aliphatic hydroxyl groups excluding tert-OH is 1. The van der Waals surface area contributed by atoms with Crippen molar-refractivity contribution >= 4 is 33.9 Å². The first kappa shape index (κ1) is 30.9. The number of aromatic hydroxyl groups is 1. The third-order valence-corrected chi connectivity index (χ3v) is 7.04. The second kappa shape index (κ2) is 18.8. The molecule has 37 heavy (non-hydrogen) atoms. The lowest BCUT2D eigenvalue weighted by atomic mass is 10.0. The number of carbonyl (C=O) groups is 1. The lowest BCUT2D eigenvalue weighted by Crippen LogP contribution is -2.24. The molecule has 0 aliphatic carbocycles. The fourth-order valence-electron chi connectivity index (χ4n) is 4.64. The fraction of sp³-hybridized carbons (Fsp3) is 0.613. The molecule has 2 aromatic carbocycles. The summed E-state index contributed by atoms with van der Waals surface area (Å²) in [5.74, 6) is 0.219. The van der Waals surface area contributed by atoms with Crippen LogP contribution in [0.5, 0.6) is 11.5 Å². The summed E-state index contributed by atoms with van der Waals surface area (Å²) in [5, 5.41) is 24.2. The van der Waals surface area contributed by atoms with Crippen LogP contribution in [0.15, 0.2) is 30.3 Å². The summed E-state index contributed by atoms with van der Waals surface area (Å²) in [5.41, 5.74) is 0.219. The maximum Gasteiger partial charge on any atom is 0.255 e. The predicted octanol–water partition coefficient (Wildman–Crippen LogP) is 8.80. The number of phenolic OH excluding ortho intramolecular Hbond substituents is 1. The fourth-order valence-corrected chi connectivity index (χ4v) is 4.79. The van der Waals surface area contributed by atoms with Crippen molar-refractivity contribution in [1.82, 2.24) is 5.32 Å². The van der Waals surface area contributed by atoms with Crippen molar-refractivity contribution in [2.75, 3.05) is 13.2 Å². The lowest BCUT2D eigenvalue weighted by molar-refractivity contribution is 0.0950. The number of rotatable bonds is 21. The highest BCUT2D eigenvalue weighted by Gasteiger charge is 2.17. The molecule has 0 aromatic heterocycles. The summed E-state index contributed by atoms with van der Waals surface area (Å²) in [4.78, 5) is 12.8. The zero-order chi connectivity index (χ0) is 26.7. The van der Waals surface area contributed by atoms with Crippen molar-refractivity contribution in [3.63, 3.8) is 0 Å². The number of nitrogens with one attached hydrogen (secondary N) is 1. The topological polar surface area (TPSA) is 78.8 Å². The van der Waals surface area contributed by atoms with Gasteiger partial charge in [0.25, 0.3) is 5.91 Å². The summed E-state index contributed by atoms with van der Waals surface area (Å²) < 4.78 is 5.88. The maximum atomic E-state index is 12.8. The van der Waals surface area contributed by atoms with Gasteiger partial charge in [-0.2, -0.15) is 0 Å². The minimum absolute atomic E-state index is 0.0297. The number of aliphatic hydroxyl groups is 1. The monoisotopic (exact) mass is 529 g/mol. The number of hydrogen-bond donors (Lipinski definition) is 3. The van der Waals surface area contributed by atoms with Crippen LogP contribution < -0.4 is 10.1 Å². The zero-order valence-corrected chi connectivity index (χ0v) is 23.6. The molecule has 0 heterocycles. The van der Waals surface area contributed by atoms with E-state index in [1.165, 1.54) is 77.0 Å². The van der Waals surface area contributed by atoms with Crippen LogP contribution in [0.25, 0.3) is 10.8 Å². The predicted molar refractivity (Wildman–Crippen MR) is 158 cm³/mol. The number of benzene rings is 2. The molecule has 3 N–H and O–H groups in total. The van der Waals surface area contributed by atoms with Crippen LogP contribution >= 0.6 is 12.2 Å². The average Bonchev–Trinajstić information content (AvgIpc) is 2.89. The van der Waals surface area contributed by atoms with Crippen LogP contribution in [-0.2, 0) is 0 Å². The van der Waals surface area contributed by atoms with Gasteiger partial charge in [0, 0.05) is 23.7 Å². The minimum Gasteiger partial charge on any atom is -0.506 e. The number of carbonyl (C=O) groups excluding carboxylic acids is 1. The van der Waals surface area contributed by atoms with Gasteiger partial charge in [0.15, 0.2) is 5.05 Å². The molecule has 0 radical (unpaired) electrons. The van der Waals surface area contributed by atoms with E-state index in [1.54, 1.807) is 12.1 Å². The molecule has 0 atom stereocenters. The molecule has 2 rings (SSSR count). The molecule has 0 unspecified atom stereocenters. The van der Waals surface area contributed by atoms with Gasteiger partial charge in [-0.1, -0.05) is 115 Å². The molecule has 5 nitrogen and oxygen atoms in total. The Bertz CT molecular complexity index is 946. The number of hydrogen-bond acceptors (Lipinski definition) is 4. The van der Waals surface area contributed by atoms with Gasteiger partial charge < -0.3 is 20.3 Å². The molecular formula is C31H47NO4S. The molecule has 0 spiro atoms. The van der Waals surface area contributed by atoms with Gasteiger partial charge in [0.05, 0.1) is 12.2 Å². The van der Waals surface area contributed by atoms with Crippen molar-refractivity contribution in [2.45, 2.75) is 110 Å². The van der Waals surface area contributed by atoms with E-state index in [2.05, 4.69) is 12.2 Å². The van der Waals surface area contributed by atoms with E-state index in [9.17, 15) is 15.0 Å². The summed E-state index contributed by atoms with van der Waals surface area (Å²) in [7, 11) is 0. The molecule has 0 saturated carbocycles. The normalized spacial score (nSPS) is 11.1. The van der Waals surface area contributed by atoms with Gasteiger partial charge in [0.1, 0.15) is 11.5 Å². The Balaban J connectivity index is 1.67. The number of thiocarbonyl (C=S) groups is 1. The summed E-state index contributed by atoms with van der Waals surface area (Å²) in [6.07, 6.45) is 19.1. The van der Waals surface area contributed by atoms with Crippen molar-refractivity contribution in [1.29, 1.82) is 0 Å². The number of fused-ring (bicyclic) bond motifs is 1. The van der Waals surface area contributed by atoms with Crippen molar-refractivity contribution < 1.29 is 19.7 Å². The Morgan fingerprint density at radius 3 is 1.95 bits per heavy atom. The Hall–Kier alpha value is -2.34. The standard InChI is InChI=1S/C31H47NO4S/c1-2-3-4-5-6-7-8-9-10-11-12-13-14-17-22-32-31(35)27-24-28(36-23-18-21-29(33)37)25-19-15-16-20-26(25)30(27)34/h15-16,19-20,24,34H,2-14,17-18,21-23H2,1H3,(H,32,35)(H,33,37). The minimum atomic E-state index is -0.292. The third-order valence-electron chi connectivity index (χ3n) is 6.83. The van der Waals surface area contributed by atoms with Crippen LogP contribution in [-0.4, -0.2) is 34.3 Å². The van der Waals surface area contributed by atoms with E-state index in [-0.39, 0.29) is 22.3 Å². The van der Waals surface area contributed by atoms with Crippen LogP contribution in [0.4, 0.5) is 0 Å². The van der Waals surface area contributed by atoms with E-state index < -0.39 is 0 Å². The number of ether oxygens (including phenoxy) is 1. The second-order valence-electron chi connectivity index (χ2n) is 10.0. The van der Waals surface area contributed by atoms with Crippen LogP contribution in [0, 0.1) is 0 Å². The molecule has 0 saturated heterocycles. The second-order valence-corrected chi connectivity index (χ2v) is 10.5. The molecule has 0 aliphatic rings. The largest absolute Gasteiger partial charge is 0.506 e. The molecule has 206 valence electrons. The van der Waals surface area contributed by atoms with E-state index in [0.29, 0.717) is 37.1 Å². The van der Waals surface area contributed by atoms with Gasteiger partial charge in [-0.25, -0.2) is 0 Å². The van der Waals surface area contributed by atoms with Gasteiger partial charge in [-0.05, 0) is 31.1 Å². The molecule has 0 fully saturated rings. The first-order valence-corrected chi connectivity index (χ1v) is 14.8. The molecule has 0 aliphatic heterocycles. The Labute approximate surface area is 229 Å². The zero-order valence-electron chi connectivity index (χ0n) is 22.7. The van der Waals surface area contributed by atoms with Gasteiger partial charge in [-0.3, -0.25) is 4.79 Å². The first-order valence-electron chi connectivity index (χ1n) is 14.4. The first-order chi connectivity index (χ1) is 18.0. The van der Waals surface area contributed by atoms with E-state index in [4.69, 9.17) is 17.0 Å². The molecule has 6 heteroatoms. The molecule has 1 amide bonds. The highest BCUT2D eigenvalue weighted by molar-refractivity contribution is 7.80. The van der Waals surface area contributed by atoms with Crippen molar-refractivity contribution in [3.8, 4) is 11.5 Å². The van der Waals surface area contributed by atoms with Gasteiger partial charge >= 0.3 is 0 Å². The summed E-state index contributed by atoms with van der Waals surface area (Å²) in [6, 6.07) is 8.94. The Kier molecular flexibility index (Phi) is 15.7. The number of unbranched alkanes of at least 4 members (excludes halogenated alkanes) is 13. The third kappa shape index (κ3) is 12.2. The van der Waals surface area contributed by atoms with Crippen LogP contribution in [0.3, 0.4) is 0 Å². The Morgan fingerprint density at radius 2 is 1.38 bits per heavy atom. The van der Waals surface area contributed by atoms with Crippen molar-refractivity contribution in [3.05, 3.63) is 35.9 Å². The lowest BCUT2D eigenvalue weighted by Gasteiger charge is -2.14. The highest BCUT2D eigenvalue weighted by Crippen LogP contribution is 2.36. The van der Waals surface area contributed by atoms with Gasteiger partial charge in [0.2, 0.25) is 0 Å². The van der Waals surface area contributed by atoms with Gasteiger partial charge in [-0.15, -0.1) is 0 Å². The maximum absolute atomic E-state index is 12.8. The van der Waals surface area contributed by atoms with E-state index in [0.717, 1.165) is 18.2 Å². The Morgan fingerprint density at radius 1 is 0.838 bits per heavy atom. The van der Waals surface area contributed by atoms with E-state index in [1.807, 2.05) is 18.2 Å².